The second-order valence-electron chi connectivity index (χ2n) is 2.58. The molecule has 0 aromatic carbocycles. The summed E-state index contributed by atoms with van der Waals surface area (Å²) in [5.74, 6) is -1.27. The first-order chi connectivity index (χ1) is 6.59. The van der Waals surface area contributed by atoms with Gasteiger partial charge in [0, 0.05) is 6.20 Å². The summed E-state index contributed by atoms with van der Waals surface area (Å²) in [5, 5.41) is 11.3. The fourth-order valence-electron chi connectivity index (χ4n) is 1.09. The van der Waals surface area contributed by atoms with E-state index in [0.717, 1.165) is 6.20 Å². The molecular formula is C7H4BrN3O3. The van der Waals surface area contributed by atoms with Crippen LogP contribution < -0.4 is 5.43 Å². The van der Waals surface area contributed by atoms with Crippen LogP contribution in [0.1, 0.15) is 10.4 Å². The highest BCUT2D eigenvalue weighted by Crippen LogP contribution is 2.06. The molecule has 0 aliphatic rings. The maximum atomic E-state index is 11.5. The molecule has 6 nitrogen and oxygen atoms in total. The molecule has 14 heavy (non-hydrogen) atoms. The first-order valence-electron chi connectivity index (χ1n) is 3.59. The Morgan fingerprint density at radius 1 is 1.64 bits per heavy atom. The van der Waals surface area contributed by atoms with Crippen molar-refractivity contribution in [3.63, 3.8) is 0 Å². The number of rotatable bonds is 1. The van der Waals surface area contributed by atoms with Gasteiger partial charge >= 0.3 is 5.97 Å². The van der Waals surface area contributed by atoms with E-state index in [0.29, 0.717) is 4.60 Å². The summed E-state index contributed by atoms with van der Waals surface area (Å²) >= 11 is 3.08. The van der Waals surface area contributed by atoms with Gasteiger partial charge in [-0.25, -0.2) is 14.3 Å². The van der Waals surface area contributed by atoms with Gasteiger partial charge in [-0.05, 0) is 15.9 Å². The lowest BCUT2D eigenvalue weighted by atomic mass is 10.3. The van der Waals surface area contributed by atoms with Crippen molar-refractivity contribution >= 4 is 27.5 Å². The number of aromatic amines is 1. The summed E-state index contributed by atoms with van der Waals surface area (Å²) in [7, 11) is 0. The van der Waals surface area contributed by atoms with Crippen LogP contribution in [0.5, 0.6) is 0 Å². The molecule has 72 valence electrons. The van der Waals surface area contributed by atoms with Gasteiger partial charge in [0.1, 0.15) is 10.2 Å². The number of hydrogen-bond acceptors (Lipinski definition) is 3. The Morgan fingerprint density at radius 3 is 3.00 bits per heavy atom. The van der Waals surface area contributed by atoms with Crippen molar-refractivity contribution in [3.8, 4) is 0 Å². The molecule has 7 heteroatoms. The fourth-order valence-corrected chi connectivity index (χ4v) is 1.46. The molecule has 0 aliphatic heterocycles. The number of nitrogens with zero attached hydrogens (tertiary/aromatic N) is 2. The summed E-state index contributed by atoms with van der Waals surface area (Å²) in [6.45, 7) is 0. The Balaban J connectivity index is 2.88. The van der Waals surface area contributed by atoms with Crippen LogP contribution in [0.25, 0.3) is 5.65 Å². The minimum absolute atomic E-state index is 0.0526. The average molecular weight is 258 g/mol. The van der Waals surface area contributed by atoms with E-state index in [1.54, 1.807) is 0 Å². The number of hydrogen-bond donors (Lipinski definition) is 2. The van der Waals surface area contributed by atoms with Gasteiger partial charge < -0.3 is 5.11 Å². The minimum atomic E-state index is -1.27. The molecule has 0 spiro atoms. The molecule has 0 amide bonds. The highest BCUT2D eigenvalue weighted by Gasteiger charge is 2.12. The van der Waals surface area contributed by atoms with Crippen LogP contribution in [-0.4, -0.2) is 25.7 Å². The number of aromatic nitrogens is 3. The molecular weight excluding hydrogens is 254 g/mol. The van der Waals surface area contributed by atoms with E-state index in [2.05, 4.69) is 26.0 Å². The molecule has 0 atom stereocenters. The van der Waals surface area contributed by atoms with E-state index in [1.165, 1.54) is 10.7 Å². The summed E-state index contributed by atoms with van der Waals surface area (Å²) in [5.41, 5.74) is -0.880. The second kappa shape index (κ2) is 2.95. The standard InChI is InChI=1S/C7H4BrN3O3/c8-4-2-11-6(10-4)5(12)3(1-9-11)7(13)14/h1-2,9H,(H,13,14). The number of carbonyl (C=O) groups is 1. The molecule has 2 heterocycles. The van der Waals surface area contributed by atoms with E-state index in [1.807, 2.05) is 0 Å². The van der Waals surface area contributed by atoms with Crippen LogP contribution in [-0.2, 0) is 0 Å². The fraction of sp³-hybridized carbons (Fsp3) is 0. The average Bonchev–Trinajstić information content (AvgIpc) is 2.46. The highest BCUT2D eigenvalue weighted by molar-refractivity contribution is 9.10. The third kappa shape index (κ3) is 1.22. The number of carboxylic acid groups (broad SMARTS) is 1. The summed E-state index contributed by atoms with van der Waals surface area (Å²) in [4.78, 5) is 25.9. The zero-order valence-corrected chi connectivity index (χ0v) is 8.28. The molecule has 0 unspecified atom stereocenters. The molecule has 2 aromatic heterocycles. The van der Waals surface area contributed by atoms with Crippen molar-refractivity contribution in [1.82, 2.24) is 14.6 Å². The Hall–Kier alpha value is -1.63. The molecule has 2 aromatic rings. The SMILES string of the molecule is O=C(O)c1c[nH]n2cc(Br)nc2c1=O. The minimum Gasteiger partial charge on any atom is -0.477 e. The zero-order valence-electron chi connectivity index (χ0n) is 6.69. The van der Waals surface area contributed by atoms with Gasteiger partial charge in [0.25, 0.3) is 0 Å². The van der Waals surface area contributed by atoms with Crippen molar-refractivity contribution < 1.29 is 9.90 Å². The van der Waals surface area contributed by atoms with Crippen LogP contribution in [0.2, 0.25) is 0 Å². The number of H-pyrrole nitrogens is 1. The maximum Gasteiger partial charge on any atom is 0.341 e. The molecule has 0 fully saturated rings. The van der Waals surface area contributed by atoms with E-state index >= 15 is 0 Å². The summed E-state index contributed by atoms with van der Waals surface area (Å²) in [6, 6.07) is 0. The van der Waals surface area contributed by atoms with Crippen LogP contribution in [0.4, 0.5) is 0 Å². The van der Waals surface area contributed by atoms with Gasteiger partial charge in [-0.2, -0.15) is 0 Å². The lowest BCUT2D eigenvalue weighted by molar-refractivity contribution is 0.0695. The van der Waals surface area contributed by atoms with E-state index in [-0.39, 0.29) is 11.2 Å². The van der Waals surface area contributed by atoms with Crippen molar-refractivity contribution in [2.45, 2.75) is 0 Å². The predicted molar refractivity (Wildman–Crippen MR) is 50.5 cm³/mol. The largest absolute Gasteiger partial charge is 0.477 e. The summed E-state index contributed by atoms with van der Waals surface area (Å²) < 4.78 is 1.81. The molecule has 0 aliphatic carbocycles. The van der Waals surface area contributed by atoms with Gasteiger partial charge in [-0.3, -0.25) is 9.89 Å². The molecule has 2 N–H and O–H groups in total. The predicted octanol–water partition coefficient (Wildman–Crippen LogP) is 0.483. The Kier molecular flexibility index (Phi) is 1.88. The van der Waals surface area contributed by atoms with Gasteiger partial charge in [-0.1, -0.05) is 0 Å². The molecule has 0 bridgehead atoms. The van der Waals surface area contributed by atoms with Gasteiger partial charge in [0.05, 0.1) is 6.20 Å². The lowest BCUT2D eigenvalue weighted by Gasteiger charge is -1.94. The quantitative estimate of drug-likeness (QED) is 0.778. The van der Waals surface area contributed by atoms with Crippen molar-refractivity contribution in [3.05, 3.63) is 32.8 Å². The van der Waals surface area contributed by atoms with Crippen LogP contribution in [0.15, 0.2) is 21.8 Å². The number of carboxylic acids is 1. The van der Waals surface area contributed by atoms with Crippen LogP contribution >= 0.6 is 15.9 Å². The van der Waals surface area contributed by atoms with Crippen molar-refractivity contribution in [2.24, 2.45) is 0 Å². The molecule has 0 saturated carbocycles. The number of halogens is 1. The van der Waals surface area contributed by atoms with Crippen molar-refractivity contribution in [2.75, 3.05) is 0 Å². The smallest absolute Gasteiger partial charge is 0.341 e. The van der Waals surface area contributed by atoms with E-state index < -0.39 is 11.4 Å². The Morgan fingerprint density at radius 2 is 2.36 bits per heavy atom. The first kappa shape index (κ1) is 8.95. The normalized spacial score (nSPS) is 10.6. The third-order valence-electron chi connectivity index (χ3n) is 1.70. The maximum absolute atomic E-state index is 11.5. The van der Waals surface area contributed by atoms with Gasteiger partial charge in [-0.15, -0.1) is 0 Å². The first-order valence-corrected chi connectivity index (χ1v) is 4.38. The number of nitrogens with one attached hydrogen (secondary N) is 1. The second-order valence-corrected chi connectivity index (χ2v) is 3.39. The number of imidazole rings is 1. The van der Waals surface area contributed by atoms with Crippen molar-refractivity contribution in [1.29, 1.82) is 0 Å². The Bertz CT molecular complexity index is 571. The molecule has 0 radical (unpaired) electrons. The van der Waals surface area contributed by atoms with Gasteiger partial charge in [0.2, 0.25) is 11.1 Å². The molecule has 0 saturated heterocycles. The van der Waals surface area contributed by atoms with Crippen LogP contribution in [0, 0.1) is 0 Å². The van der Waals surface area contributed by atoms with E-state index in [9.17, 15) is 9.59 Å². The number of fused-ring (bicyclic) bond motifs is 1. The monoisotopic (exact) mass is 257 g/mol. The highest BCUT2D eigenvalue weighted by atomic mass is 79.9. The zero-order chi connectivity index (χ0) is 10.3. The van der Waals surface area contributed by atoms with Gasteiger partial charge in [0.15, 0.2) is 0 Å². The summed E-state index contributed by atoms with van der Waals surface area (Å²) in [6.07, 6.45) is 2.66. The topological polar surface area (TPSA) is 87.5 Å². The van der Waals surface area contributed by atoms with Crippen LogP contribution in [0.3, 0.4) is 0 Å². The lowest BCUT2D eigenvalue weighted by Crippen LogP contribution is -2.18. The number of aromatic carboxylic acids is 1. The third-order valence-corrected chi connectivity index (χ3v) is 2.08. The van der Waals surface area contributed by atoms with E-state index in [4.69, 9.17) is 5.11 Å². The Labute approximate surface area is 85.3 Å². The molecule has 2 rings (SSSR count).